The number of nitrogens with zero attached hydrogens (tertiary/aromatic N) is 3. The normalized spacial score (nSPS) is 19.5. The molecule has 31 heavy (non-hydrogen) atoms. The van der Waals surface area contributed by atoms with Crippen LogP contribution in [0.15, 0.2) is 18.6 Å². The lowest BCUT2D eigenvalue weighted by Crippen LogP contribution is -2.36. The number of hydrogen-bond acceptors (Lipinski definition) is 4. The highest BCUT2D eigenvalue weighted by Gasteiger charge is 2.21. The second-order valence-corrected chi connectivity index (χ2v) is 9.51. The summed E-state index contributed by atoms with van der Waals surface area (Å²) < 4.78 is 0. The van der Waals surface area contributed by atoms with Crippen molar-refractivity contribution in [2.24, 2.45) is 11.7 Å². The maximum Gasteiger partial charge on any atom is 0.142 e. The van der Waals surface area contributed by atoms with Gasteiger partial charge in [-0.2, -0.15) is 0 Å². The minimum absolute atomic E-state index is 0.633. The van der Waals surface area contributed by atoms with Crippen molar-refractivity contribution in [3.63, 3.8) is 0 Å². The van der Waals surface area contributed by atoms with Crippen molar-refractivity contribution in [2.45, 2.75) is 109 Å². The van der Waals surface area contributed by atoms with Crippen LogP contribution in [0, 0.1) is 5.92 Å². The molecule has 5 heteroatoms. The second-order valence-electron chi connectivity index (χ2n) is 9.51. The minimum Gasteiger partial charge on any atom is -0.353 e. The largest absolute Gasteiger partial charge is 0.353 e. The van der Waals surface area contributed by atoms with E-state index in [1.54, 1.807) is 6.33 Å². The van der Waals surface area contributed by atoms with Gasteiger partial charge in [-0.05, 0) is 44.7 Å². The monoisotopic (exact) mass is 427 g/mol. The molecular weight excluding hydrogens is 382 g/mol. The SMILES string of the molecule is CCN(c1ncnc2[nH]ccc12)C1CCCCCCC1.NCCC1CCCCCCC1. The van der Waals surface area contributed by atoms with E-state index in [9.17, 15) is 0 Å². The summed E-state index contributed by atoms with van der Waals surface area (Å²) in [6.07, 6.45) is 24.5. The smallest absolute Gasteiger partial charge is 0.142 e. The van der Waals surface area contributed by atoms with Crippen LogP contribution in [-0.4, -0.2) is 34.1 Å². The molecule has 0 spiro atoms. The summed E-state index contributed by atoms with van der Waals surface area (Å²) in [5.74, 6) is 2.06. The van der Waals surface area contributed by atoms with E-state index < -0.39 is 0 Å². The van der Waals surface area contributed by atoms with Crippen molar-refractivity contribution in [1.82, 2.24) is 15.0 Å². The average molecular weight is 428 g/mol. The maximum absolute atomic E-state index is 5.55. The van der Waals surface area contributed by atoms with E-state index in [1.165, 1.54) is 96.3 Å². The first kappa shape index (κ1) is 24.0. The maximum atomic E-state index is 5.55. The molecule has 2 heterocycles. The van der Waals surface area contributed by atoms with E-state index in [0.29, 0.717) is 6.04 Å². The molecule has 2 aromatic heterocycles. The van der Waals surface area contributed by atoms with Crippen molar-refractivity contribution in [3.8, 4) is 0 Å². The van der Waals surface area contributed by atoms with Crippen LogP contribution < -0.4 is 10.6 Å². The Hall–Kier alpha value is -1.62. The average Bonchev–Trinajstić information content (AvgIpc) is 3.22. The summed E-state index contributed by atoms with van der Waals surface area (Å²) in [6.45, 7) is 4.14. The Balaban J connectivity index is 0.000000210. The third-order valence-corrected chi connectivity index (χ3v) is 7.26. The van der Waals surface area contributed by atoms with Gasteiger partial charge >= 0.3 is 0 Å². The highest BCUT2D eigenvalue weighted by Crippen LogP contribution is 2.29. The molecule has 174 valence electrons. The zero-order valence-electron chi connectivity index (χ0n) is 19.8. The molecule has 2 fully saturated rings. The van der Waals surface area contributed by atoms with Crippen LogP contribution in [0.25, 0.3) is 11.0 Å². The molecule has 2 aromatic rings. The molecule has 2 saturated carbocycles. The van der Waals surface area contributed by atoms with Crippen molar-refractivity contribution in [3.05, 3.63) is 18.6 Å². The Labute approximate surface area is 189 Å². The first-order valence-corrected chi connectivity index (χ1v) is 13.1. The number of nitrogens with one attached hydrogen (secondary N) is 1. The van der Waals surface area contributed by atoms with Crippen LogP contribution >= 0.6 is 0 Å². The number of H-pyrrole nitrogens is 1. The lowest BCUT2D eigenvalue weighted by molar-refractivity contribution is 0.363. The van der Waals surface area contributed by atoms with Crippen LogP contribution in [-0.2, 0) is 0 Å². The van der Waals surface area contributed by atoms with Crippen LogP contribution in [0.1, 0.15) is 103 Å². The molecule has 0 atom stereocenters. The minimum atomic E-state index is 0.633. The number of nitrogens with two attached hydrogens (primary N) is 1. The predicted molar refractivity (Wildman–Crippen MR) is 132 cm³/mol. The molecule has 0 unspecified atom stereocenters. The van der Waals surface area contributed by atoms with Crippen molar-refractivity contribution >= 4 is 16.9 Å². The van der Waals surface area contributed by atoms with E-state index in [2.05, 4.69) is 32.8 Å². The molecule has 0 amide bonds. The van der Waals surface area contributed by atoms with Gasteiger partial charge < -0.3 is 15.6 Å². The number of anilines is 1. The number of aromatic amines is 1. The molecule has 0 aromatic carbocycles. The summed E-state index contributed by atoms with van der Waals surface area (Å²) in [6, 6.07) is 2.73. The fourth-order valence-electron chi connectivity index (χ4n) is 5.48. The third kappa shape index (κ3) is 7.48. The fraction of sp³-hybridized carbons (Fsp3) is 0.769. The molecule has 2 aliphatic carbocycles. The summed E-state index contributed by atoms with van der Waals surface area (Å²) in [4.78, 5) is 14.6. The first-order chi connectivity index (χ1) is 15.3. The number of rotatable bonds is 5. The van der Waals surface area contributed by atoms with Crippen LogP contribution in [0.5, 0.6) is 0 Å². The van der Waals surface area contributed by atoms with Gasteiger partial charge in [0.25, 0.3) is 0 Å². The Morgan fingerprint density at radius 1 is 0.903 bits per heavy atom. The highest BCUT2D eigenvalue weighted by atomic mass is 15.2. The zero-order chi connectivity index (χ0) is 21.7. The van der Waals surface area contributed by atoms with Gasteiger partial charge in [0.15, 0.2) is 0 Å². The van der Waals surface area contributed by atoms with E-state index in [1.807, 2.05) is 6.20 Å². The van der Waals surface area contributed by atoms with Gasteiger partial charge in [0.05, 0.1) is 5.39 Å². The molecule has 3 N–H and O–H groups in total. The summed E-state index contributed by atoms with van der Waals surface area (Å²) in [5.41, 5.74) is 6.49. The van der Waals surface area contributed by atoms with Gasteiger partial charge in [-0.3, -0.25) is 0 Å². The molecule has 0 radical (unpaired) electrons. The standard InChI is InChI=1S/C16H24N4.C10H21N/c1-2-20(13-8-6-4-3-5-7-9-13)16-14-10-11-17-15(14)18-12-19-16;11-9-8-10-6-4-2-1-3-5-7-10/h10-13H,2-9H2,1H3,(H,17,18,19);10H,1-9,11H2. The van der Waals surface area contributed by atoms with Gasteiger partial charge in [0.1, 0.15) is 17.8 Å². The highest BCUT2D eigenvalue weighted by molar-refractivity contribution is 5.87. The van der Waals surface area contributed by atoms with Crippen LogP contribution in [0.2, 0.25) is 0 Å². The molecule has 0 saturated heterocycles. The second kappa shape index (κ2) is 13.7. The van der Waals surface area contributed by atoms with Crippen molar-refractivity contribution < 1.29 is 0 Å². The Kier molecular flexibility index (Phi) is 10.6. The van der Waals surface area contributed by atoms with Crippen molar-refractivity contribution in [2.75, 3.05) is 18.0 Å². The van der Waals surface area contributed by atoms with Gasteiger partial charge in [-0.25, -0.2) is 9.97 Å². The quantitative estimate of drug-likeness (QED) is 0.564. The van der Waals surface area contributed by atoms with Gasteiger partial charge in [0, 0.05) is 18.8 Å². The summed E-state index contributed by atoms with van der Waals surface area (Å²) in [7, 11) is 0. The number of hydrogen-bond donors (Lipinski definition) is 2. The van der Waals surface area contributed by atoms with Crippen molar-refractivity contribution in [1.29, 1.82) is 0 Å². The Morgan fingerprint density at radius 2 is 1.52 bits per heavy atom. The molecule has 5 nitrogen and oxygen atoms in total. The molecular formula is C26H45N5. The van der Waals surface area contributed by atoms with Crippen LogP contribution in [0.3, 0.4) is 0 Å². The first-order valence-electron chi connectivity index (χ1n) is 13.1. The van der Waals surface area contributed by atoms with Crippen LogP contribution in [0.4, 0.5) is 5.82 Å². The van der Waals surface area contributed by atoms with Gasteiger partial charge in [0.2, 0.25) is 0 Å². The van der Waals surface area contributed by atoms with Gasteiger partial charge in [-0.15, -0.1) is 0 Å². The molecule has 0 bridgehead atoms. The van der Waals surface area contributed by atoms with E-state index >= 15 is 0 Å². The number of fused-ring (bicyclic) bond motifs is 1. The topological polar surface area (TPSA) is 70.8 Å². The Morgan fingerprint density at radius 3 is 2.13 bits per heavy atom. The van der Waals surface area contributed by atoms with E-state index in [-0.39, 0.29) is 0 Å². The summed E-state index contributed by atoms with van der Waals surface area (Å²) in [5, 5.41) is 1.15. The zero-order valence-corrected chi connectivity index (χ0v) is 19.8. The lowest BCUT2D eigenvalue weighted by atomic mass is 9.89. The number of aromatic nitrogens is 3. The molecule has 2 aliphatic rings. The van der Waals surface area contributed by atoms with E-state index in [0.717, 1.165) is 35.9 Å². The lowest BCUT2D eigenvalue weighted by Gasteiger charge is -2.33. The van der Waals surface area contributed by atoms with Gasteiger partial charge in [-0.1, -0.05) is 77.0 Å². The fourth-order valence-corrected chi connectivity index (χ4v) is 5.48. The Bertz CT molecular complexity index is 711. The predicted octanol–water partition coefficient (Wildman–Crippen LogP) is 6.59. The molecule has 0 aliphatic heterocycles. The summed E-state index contributed by atoms with van der Waals surface area (Å²) >= 11 is 0. The third-order valence-electron chi connectivity index (χ3n) is 7.26. The molecule has 4 rings (SSSR count). The van der Waals surface area contributed by atoms with E-state index in [4.69, 9.17) is 5.73 Å².